The minimum atomic E-state index is -4.25. The molecular formula is C39H35N5O13S. The number of ether oxygens (including phenoxy) is 5. The van der Waals surface area contributed by atoms with E-state index < -0.39 is 83.0 Å². The van der Waals surface area contributed by atoms with E-state index in [2.05, 4.69) is 9.97 Å². The fourth-order valence-electron chi connectivity index (χ4n) is 7.17. The van der Waals surface area contributed by atoms with Crippen molar-refractivity contribution in [1.82, 2.24) is 23.4 Å². The second-order valence-corrected chi connectivity index (χ2v) is 15.2. The number of rotatable bonds is 10. The van der Waals surface area contributed by atoms with Crippen molar-refractivity contribution in [3.63, 3.8) is 0 Å². The number of hydrogen-bond acceptors (Lipinski definition) is 15. The van der Waals surface area contributed by atoms with E-state index in [-0.39, 0.29) is 43.8 Å². The summed E-state index contributed by atoms with van der Waals surface area (Å²) in [5.74, 6) is -4.66. The Balaban J connectivity index is 1.47. The van der Waals surface area contributed by atoms with Gasteiger partial charge < -0.3 is 28.3 Å². The van der Waals surface area contributed by atoms with E-state index in [1.807, 2.05) is 0 Å². The van der Waals surface area contributed by atoms with Gasteiger partial charge in [-0.1, -0.05) is 18.2 Å². The van der Waals surface area contributed by atoms with Crippen LogP contribution in [0.5, 0.6) is 0 Å². The van der Waals surface area contributed by atoms with Crippen molar-refractivity contribution in [3.8, 4) is 0 Å². The predicted molar refractivity (Wildman–Crippen MR) is 200 cm³/mol. The lowest BCUT2D eigenvalue weighted by molar-refractivity contribution is -0.267. The summed E-state index contributed by atoms with van der Waals surface area (Å²) >= 11 is 0. The standard InChI is InChI=1S/C39H35N5O13S/c1-20(45)53-19-29-32(54-21(2)46)33(55-22(3)47)34(56-23(4)48)39(57-29)43-17-27(25-13-9-15-40-35(25)43)30-31(38(50)42(5)37(30)49)28-18-44(36-26(28)14-10-16-41-36)58(51,52)24-11-7-6-8-12-24/h6-18,29,32-34,39H,19H2,1-5H3/t29-,32-,33+,34-,39?/m1/s1. The van der Waals surface area contributed by atoms with Gasteiger partial charge in [0.2, 0.25) is 0 Å². The highest BCUT2D eigenvalue weighted by Gasteiger charge is 2.53. The van der Waals surface area contributed by atoms with Gasteiger partial charge in [-0.15, -0.1) is 0 Å². The van der Waals surface area contributed by atoms with Crippen LogP contribution < -0.4 is 0 Å². The van der Waals surface area contributed by atoms with Gasteiger partial charge in [0.05, 0.1) is 16.0 Å². The number of nitrogens with zero attached hydrogens (tertiary/aromatic N) is 5. The lowest BCUT2D eigenvalue weighted by Gasteiger charge is -2.44. The van der Waals surface area contributed by atoms with Gasteiger partial charge in [0.25, 0.3) is 21.8 Å². The number of likely N-dealkylation sites (N-methyl/N-ethyl adjacent to an activating group) is 1. The van der Waals surface area contributed by atoms with Gasteiger partial charge in [-0.25, -0.2) is 22.4 Å². The van der Waals surface area contributed by atoms with Gasteiger partial charge in [-0.2, -0.15) is 0 Å². The first-order valence-corrected chi connectivity index (χ1v) is 19.1. The summed E-state index contributed by atoms with van der Waals surface area (Å²) in [5, 5.41) is 0.561. The Morgan fingerprint density at radius 3 is 1.81 bits per heavy atom. The molecule has 5 atom stereocenters. The zero-order chi connectivity index (χ0) is 41.6. The molecule has 2 aliphatic rings. The molecule has 300 valence electrons. The molecule has 0 spiro atoms. The van der Waals surface area contributed by atoms with Crippen LogP contribution in [-0.2, 0) is 62.5 Å². The van der Waals surface area contributed by atoms with Crippen LogP contribution in [0.4, 0.5) is 0 Å². The van der Waals surface area contributed by atoms with Gasteiger partial charge in [0.1, 0.15) is 18.4 Å². The first-order chi connectivity index (χ1) is 27.6. The molecule has 58 heavy (non-hydrogen) atoms. The average Bonchev–Trinajstić information content (AvgIpc) is 3.82. The van der Waals surface area contributed by atoms with Crippen molar-refractivity contribution >= 4 is 78.9 Å². The smallest absolute Gasteiger partial charge is 0.303 e. The molecule has 5 aromatic rings. The Bertz CT molecular complexity index is 2670. The molecule has 19 heteroatoms. The zero-order valence-electron chi connectivity index (χ0n) is 31.6. The fraction of sp³-hybridized carbons (Fsp3) is 0.282. The number of hydrogen-bond donors (Lipinski definition) is 0. The average molecular weight is 814 g/mol. The highest BCUT2D eigenvalue weighted by Crippen LogP contribution is 2.43. The maximum atomic E-state index is 14.2. The second kappa shape index (κ2) is 15.3. The molecule has 4 aromatic heterocycles. The third kappa shape index (κ3) is 6.98. The van der Waals surface area contributed by atoms with E-state index in [9.17, 15) is 37.2 Å². The molecule has 1 saturated heterocycles. The van der Waals surface area contributed by atoms with Gasteiger partial charge in [-0.05, 0) is 36.4 Å². The largest absolute Gasteiger partial charge is 0.463 e. The van der Waals surface area contributed by atoms with E-state index in [1.54, 1.807) is 42.5 Å². The minimum Gasteiger partial charge on any atom is -0.463 e. The van der Waals surface area contributed by atoms with Crippen LogP contribution in [0.3, 0.4) is 0 Å². The third-order valence-electron chi connectivity index (χ3n) is 9.49. The number of imide groups is 1. The van der Waals surface area contributed by atoms with Crippen LogP contribution in [-0.4, -0.2) is 106 Å². The first-order valence-electron chi connectivity index (χ1n) is 17.7. The van der Waals surface area contributed by atoms with Crippen molar-refractivity contribution in [1.29, 1.82) is 0 Å². The quantitative estimate of drug-likeness (QED) is 0.112. The molecule has 7 rings (SSSR count). The van der Waals surface area contributed by atoms with Crippen molar-refractivity contribution in [3.05, 3.63) is 90.5 Å². The summed E-state index contributed by atoms with van der Waals surface area (Å²) in [6.07, 6.45) is -1.74. The summed E-state index contributed by atoms with van der Waals surface area (Å²) < 4.78 is 58.8. The topological polar surface area (TPSA) is 222 Å². The molecule has 0 saturated carbocycles. The summed E-state index contributed by atoms with van der Waals surface area (Å²) in [7, 11) is -2.97. The Hall–Kier alpha value is -6.73. The monoisotopic (exact) mass is 813 g/mol. The molecule has 18 nitrogen and oxygen atoms in total. The van der Waals surface area contributed by atoms with Crippen LogP contribution >= 0.6 is 0 Å². The molecule has 0 radical (unpaired) electrons. The third-order valence-corrected chi connectivity index (χ3v) is 11.2. The van der Waals surface area contributed by atoms with Crippen molar-refractivity contribution < 1.29 is 60.9 Å². The van der Waals surface area contributed by atoms with Gasteiger partial charge in [0, 0.05) is 81.4 Å². The molecule has 2 aliphatic heterocycles. The lowest BCUT2D eigenvalue weighted by atomic mass is 9.96. The Morgan fingerprint density at radius 1 is 0.690 bits per heavy atom. The highest BCUT2D eigenvalue weighted by molar-refractivity contribution is 7.90. The number of pyridine rings is 2. The van der Waals surface area contributed by atoms with Crippen LogP contribution in [0, 0.1) is 0 Å². The summed E-state index contributed by atoms with van der Waals surface area (Å²) in [6.45, 7) is 3.95. The summed E-state index contributed by atoms with van der Waals surface area (Å²) in [5.41, 5.74) is 0.106. The highest BCUT2D eigenvalue weighted by atomic mass is 32.2. The fourth-order valence-corrected chi connectivity index (χ4v) is 8.51. The number of esters is 4. The molecular weight excluding hydrogens is 779 g/mol. The Labute approximate surface area is 329 Å². The minimum absolute atomic E-state index is 0.00426. The lowest BCUT2D eigenvalue weighted by Crippen LogP contribution is -2.60. The van der Waals surface area contributed by atoms with Crippen LogP contribution in [0.1, 0.15) is 45.0 Å². The molecule has 6 heterocycles. The van der Waals surface area contributed by atoms with E-state index >= 15 is 0 Å². The van der Waals surface area contributed by atoms with Gasteiger partial charge in [-0.3, -0.25) is 33.7 Å². The molecule has 1 aromatic carbocycles. The van der Waals surface area contributed by atoms with Crippen LogP contribution in [0.25, 0.3) is 33.2 Å². The van der Waals surface area contributed by atoms with E-state index in [0.29, 0.717) is 5.39 Å². The number of aromatic nitrogens is 4. The number of carbonyl (C=O) groups is 6. The van der Waals surface area contributed by atoms with E-state index in [1.165, 1.54) is 48.5 Å². The zero-order valence-corrected chi connectivity index (χ0v) is 32.4. The van der Waals surface area contributed by atoms with Gasteiger partial charge in [0.15, 0.2) is 30.2 Å². The molecule has 0 aliphatic carbocycles. The predicted octanol–water partition coefficient (Wildman–Crippen LogP) is 2.79. The maximum absolute atomic E-state index is 14.2. The molecule has 0 N–H and O–H groups in total. The van der Waals surface area contributed by atoms with Crippen molar-refractivity contribution in [2.75, 3.05) is 13.7 Å². The maximum Gasteiger partial charge on any atom is 0.303 e. The summed E-state index contributed by atoms with van der Waals surface area (Å²) in [6, 6.07) is 14.0. The normalized spacial score (nSPS) is 21.1. The van der Waals surface area contributed by atoms with E-state index in [0.717, 1.165) is 36.6 Å². The second-order valence-electron chi connectivity index (χ2n) is 13.4. The van der Waals surface area contributed by atoms with Crippen LogP contribution in [0.15, 0.2) is 84.3 Å². The number of amides is 2. The molecule has 2 amide bonds. The van der Waals surface area contributed by atoms with Crippen molar-refractivity contribution in [2.24, 2.45) is 0 Å². The SMILES string of the molecule is CC(=O)OC[C@H]1OC(n2cc(C3=C(c4cn(S(=O)(=O)c5ccccc5)c5ncccc45)C(=O)N(C)C3=O)c3cccnc32)[C@H](OC(C)=O)[C@@H](OC(C)=O)[C@@H]1OC(C)=O. The Kier molecular flexibility index (Phi) is 10.4. The number of carbonyl (C=O) groups excluding carboxylic acids is 6. The number of benzene rings is 1. The van der Waals surface area contributed by atoms with Crippen LogP contribution in [0.2, 0.25) is 0 Å². The molecule has 1 fully saturated rings. The Morgan fingerprint density at radius 2 is 1.22 bits per heavy atom. The molecule has 1 unspecified atom stereocenters. The number of fused-ring (bicyclic) bond motifs is 2. The van der Waals surface area contributed by atoms with Crippen molar-refractivity contribution in [2.45, 2.75) is 63.2 Å². The first kappa shape index (κ1) is 39.5. The summed E-state index contributed by atoms with van der Waals surface area (Å²) in [4.78, 5) is 87.5. The molecule has 0 bridgehead atoms. The van der Waals surface area contributed by atoms with E-state index in [4.69, 9.17) is 23.7 Å². The van der Waals surface area contributed by atoms with Gasteiger partial charge >= 0.3 is 23.9 Å².